The first-order chi connectivity index (χ1) is 12.6. The lowest BCUT2D eigenvalue weighted by molar-refractivity contribution is 0.241. The van der Waals surface area contributed by atoms with E-state index < -0.39 is 9.84 Å². The monoisotopic (exact) mass is 380 g/mol. The summed E-state index contributed by atoms with van der Waals surface area (Å²) in [7, 11) is -2.82. The minimum absolute atomic E-state index is 0.0788. The Bertz CT molecular complexity index is 697. The fraction of sp³-hybridized carbons (Fsp3) is 0.611. The number of aliphatic imine (C=N–C) groups is 1. The number of hydrogen-bond acceptors (Lipinski definition) is 5. The Morgan fingerprint density at radius 3 is 2.77 bits per heavy atom. The van der Waals surface area contributed by atoms with Crippen molar-refractivity contribution in [2.75, 3.05) is 50.8 Å². The van der Waals surface area contributed by atoms with Gasteiger partial charge in [-0.1, -0.05) is 18.2 Å². The molecule has 1 saturated heterocycles. The van der Waals surface area contributed by atoms with Crippen molar-refractivity contribution in [3.63, 3.8) is 0 Å². The van der Waals surface area contributed by atoms with E-state index in [0.29, 0.717) is 19.6 Å². The van der Waals surface area contributed by atoms with Gasteiger partial charge in [0.05, 0.1) is 18.1 Å². The molecule has 144 valence electrons. The van der Waals surface area contributed by atoms with Gasteiger partial charge in [-0.2, -0.15) is 0 Å². The lowest BCUT2D eigenvalue weighted by atomic mass is 10.1. The summed E-state index contributed by atoms with van der Waals surface area (Å²) in [6.45, 7) is 6.21. The van der Waals surface area contributed by atoms with E-state index in [4.69, 9.17) is 4.74 Å². The minimum atomic E-state index is -2.82. The molecule has 1 atom stereocenters. The zero-order chi connectivity index (χ0) is 18.4. The van der Waals surface area contributed by atoms with E-state index >= 15 is 0 Å². The molecule has 2 N–H and O–H groups in total. The van der Waals surface area contributed by atoms with Crippen molar-refractivity contribution < 1.29 is 13.2 Å². The van der Waals surface area contributed by atoms with E-state index in [1.807, 2.05) is 25.1 Å². The molecule has 0 aromatic heterocycles. The molecule has 7 nitrogen and oxygen atoms in total. The zero-order valence-electron chi connectivity index (χ0n) is 15.3. The van der Waals surface area contributed by atoms with Crippen LogP contribution in [0.1, 0.15) is 12.5 Å². The fourth-order valence-electron chi connectivity index (χ4n) is 3.20. The minimum Gasteiger partial charge on any atom is -0.488 e. The van der Waals surface area contributed by atoms with Crippen LogP contribution in [0, 0.1) is 0 Å². The molecule has 1 unspecified atom stereocenters. The van der Waals surface area contributed by atoms with E-state index in [0.717, 1.165) is 37.8 Å². The van der Waals surface area contributed by atoms with Crippen LogP contribution in [-0.2, 0) is 16.3 Å². The van der Waals surface area contributed by atoms with Gasteiger partial charge in [-0.05, 0) is 18.6 Å². The average molecular weight is 381 g/mol. The van der Waals surface area contributed by atoms with Gasteiger partial charge in [-0.15, -0.1) is 0 Å². The van der Waals surface area contributed by atoms with Crippen LogP contribution >= 0.6 is 0 Å². The number of hydrogen-bond donors (Lipinski definition) is 2. The standard InChI is InChI=1S/C18H28N4O3S/c1-2-19-18(20-7-8-22-9-11-26(23,24)12-10-22)21-14-16-13-15-5-3-4-6-17(15)25-16/h3-6,16H,2,7-14H2,1H3,(H2,19,20,21). The Kier molecular flexibility index (Phi) is 6.37. The number of benzene rings is 1. The van der Waals surface area contributed by atoms with Gasteiger partial charge in [0.15, 0.2) is 15.8 Å². The predicted octanol–water partition coefficient (Wildman–Crippen LogP) is 0.276. The van der Waals surface area contributed by atoms with Crippen molar-refractivity contribution in [1.29, 1.82) is 0 Å². The normalized spacial score (nSPS) is 22.5. The smallest absolute Gasteiger partial charge is 0.191 e. The van der Waals surface area contributed by atoms with Crippen LogP contribution in [0.5, 0.6) is 5.75 Å². The van der Waals surface area contributed by atoms with Gasteiger partial charge in [-0.3, -0.25) is 4.90 Å². The number of ether oxygens (including phenoxy) is 1. The van der Waals surface area contributed by atoms with Gasteiger partial charge in [0.2, 0.25) is 0 Å². The highest BCUT2D eigenvalue weighted by Gasteiger charge is 2.22. The third-order valence-electron chi connectivity index (χ3n) is 4.67. The predicted molar refractivity (Wildman–Crippen MR) is 104 cm³/mol. The topological polar surface area (TPSA) is 83.0 Å². The van der Waals surface area contributed by atoms with E-state index in [9.17, 15) is 8.42 Å². The van der Waals surface area contributed by atoms with E-state index in [2.05, 4.69) is 26.6 Å². The Balaban J connectivity index is 1.43. The molecule has 2 aliphatic heterocycles. The van der Waals surface area contributed by atoms with Gasteiger partial charge in [0.25, 0.3) is 0 Å². The lowest BCUT2D eigenvalue weighted by Crippen LogP contribution is -2.46. The Morgan fingerprint density at radius 1 is 1.27 bits per heavy atom. The first kappa shape index (κ1) is 19.0. The molecule has 3 rings (SSSR count). The fourth-order valence-corrected chi connectivity index (χ4v) is 4.47. The Morgan fingerprint density at radius 2 is 2.04 bits per heavy atom. The summed E-state index contributed by atoms with van der Waals surface area (Å²) in [5.74, 6) is 2.27. The molecule has 1 aromatic rings. The summed E-state index contributed by atoms with van der Waals surface area (Å²) >= 11 is 0. The number of nitrogens with zero attached hydrogens (tertiary/aromatic N) is 2. The van der Waals surface area contributed by atoms with Crippen LogP contribution in [0.3, 0.4) is 0 Å². The third kappa shape index (κ3) is 5.35. The molecule has 0 aliphatic carbocycles. The quantitative estimate of drug-likeness (QED) is 0.545. The molecule has 2 aliphatic rings. The number of nitrogens with one attached hydrogen (secondary N) is 2. The van der Waals surface area contributed by atoms with E-state index in [1.165, 1.54) is 5.56 Å². The third-order valence-corrected chi connectivity index (χ3v) is 6.28. The van der Waals surface area contributed by atoms with E-state index in [-0.39, 0.29) is 17.6 Å². The molecule has 2 heterocycles. The molecule has 1 aromatic carbocycles. The highest BCUT2D eigenvalue weighted by atomic mass is 32.2. The van der Waals surface area contributed by atoms with Gasteiger partial charge >= 0.3 is 0 Å². The summed E-state index contributed by atoms with van der Waals surface area (Å²) < 4.78 is 28.9. The second-order valence-corrected chi connectivity index (χ2v) is 9.00. The van der Waals surface area contributed by atoms with Crippen LogP contribution < -0.4 is 15.4 Å². The second-order valence-electron chi connectivity index (χ2n) is 6.69. The van der Waals surface area contributed by atoms with Crippen LogP contribution in [0.2, 0.25) is 0 Å². The SMILES string of the molecule is CCNC(=NCC1Cc2ccccc2O1)NCCN1CCS(=O)(=O)CC1. The molecule has 0 bridgehead atoms. The molecule has 0 spiro atoms. The lowest BCUT2D eigenvalue weighted by Gasteiger charge is -2.26. The van der Waals surface area contributed by atoms with Crippen molar-refractivity contribution in [3.8, 4) is 5.75 Å². The maximum atomic E-state index is 11.5. The highest BCUT2D eigenvalue weighted by molar-refractivity contribution is 7.91. The summed E-state index contributed by atoms with van der Waals surface area (Å²) in [5, 5.41) is 6.57. The molecule has 0 amide bonds. The number of sulfone groups is 1. The van der Waals surface area contributed by atoms with Gasteiger partial charge < -0.3 is 15.4 Å². The number of para-hydroxylation sites is 1. The first-order valence-corrected chi connectivity index (χ1v) is 11.1. The van der Waals surface area contributed by atoms with Crippen LogP contribution in [0.25, 0.3) is 0 Å². The van der Waals surface area contributed by atoms with Crippen LogP contribution in [0.4, 0.5) is 0 Å². The summed E-state index contributed by atoms with van der Waals surface area (Å²) in [6.07, 6.45) is 0.969. The number of rotatable bonds is 6. The summed E-state index contributed by atoms with van der Waals surface area (Å²) in [6, 6.07) is 8.12. The average Bonchev–Trinajstić information content (AvgIpc) is 3.04. The molecule has 26 heavy (non-hydrogen) atoms. The molecule has 8 heteroatoms. The molecular weight excluding hydrogens is 352 g/mol. The molecule has 0 radical (unpaired) electrons. The molecular formula is C18H28N4O3S. The van der Waals surface area contributed by atoms with Crippen molar-refractivity contribution in [2.24, 2.45) is 4.99 Å². The second kappa shape index (κ2) is 8.73. The van der Waals surface area contributed by atoms with Gasteiger partial charge in [0.1, 0.15) is 11.9 Å². The van der Waals surface area contributed by atoms with Crippen LogP contribution in [0.15, 0.2) is 29.3 Å². The van der Waals surface area contributed by atoms with Crippen molar-refractivity contribution >= 4 is 15.8 Å². The molecule has 1 fully saturated rings. The maximum absolute atomic E-state index is 11.5. The number of fused-ring (bicyclic) bond motifs is 1. The van der Waals surface area contributed by atoms with Crippen LogP contribution in [-0.4, -0.2) is 76.2 Å². The van der Waals surface area contributed by atoms with Crippen molar-refractivity contribution in [2.45, 2.75) is 19.4 Å². The van der Waals surface area contributed by atoms with Gasteiger partial charge in [-0.25, -0.2) is 13.4 Å². The maximum Gasteiger partial charge on any atom is 0.191 e. The first-order valence-electron chi connectivity index (χ1n) is 9.25. The van der Waals surface area contributed by atoms with Gasteiger partial charge in [0, 0.05) is 39.1 Å². The summed E-state index contributed by atoms with van der Waals surface area (Å²) in [4.78, 5) is 6.81. The molecule has 0 saturated carbocycles. The Labute approximate surface area is 155 Å². The van der Waals surface area contributed by atoms with Crippen molar-refractivity contribution in [3.05, 3.63) is 29.8 Å². The van der Waals surface area contributed by atoms with Crippen molar-refractivity contribution in [1.82, 2.24) is 15.5 Å². The van der Waals surface area contributed by atoms with E-state index in [1.54, 1.807) is 0 Å². The largest absolute Gasteiger partial charge is 0.488 e. The number of guanidine groups is 1. The zero-order valence-corrected chi connectivity index (χ0v) is 16.1. The summed E-state index contributed by atoms with van der Waals surface area (Å²) in [5.41, 5.74) is 1.24. The highest BCUT2D eigenvalue weighted by Crippen LogP contribution is 2.28. The Hall–Kier alpha value is -1.80.